The maximum Gasteiger partial charge on any atom is 0.300 e. The molecule has 1 amide bonds. The first kappa shape index (κ1) is 28.2. The van der Waals surface area contributed by atoms with E-state index in [-0.39, 0.29) is 16.7 Å². The molecule has 0 spiro atoms. The molecule has 0 aromatic heterocycles. The molecule has 5 nitrogen and oxygen atoms in total. The van der Waals surface area contributed by atoms with E-state index in [2.05, 4.69) is 48.5 Å². The Labute approximate surface area is 232 Å². The second-order valence-corrected chi connectivity index (χ2v) is 11.9. The summed E-state index contributed by atoms with van der Waals surface area (Å²) in [7, 11) is 1.53. The van der Waals surface area contributed by atoms with Crippen LogP contribution in [0.4, 0.5) is 5.69 Å². The Kier molecular flexibility index (Phi) is 7.74. The summed E-state index contributed by atoms with van der Waals surface area (Å²) >= 11 is 0. The fraction of sp³-hybridized carbons (Fsp3) is 0.353. The van der Waals surface area contributed by atoms with Gasteiger partial charge in [0.25, 0.3) is 11.7 Å². The van der Waals surface area contributed by atoms with Gasteiger partial charge in [0.05, 0.1) is 24.3 Å². The van der Waals surface area contributed by atoms with Crippen molar-refractivity contribution < 1.29 is 19.4 Å². The Hall–Kier alpha value is -3.86. The van der Waals surface area contributed by atoms with Crippen LogP contribution >= 0.6 is 0 Å². The van der Waals surface area contributed by atoms with E-state index in [1.54, 1.807) is 6.07 Å². The third-order valence-electron chi connectivity index (χ3n) is 7.52. The van der Waals surface area contributed by atoms with Crippen molar-refractivity contribution in [3.05, 3.63) is 100 Å². The number of Topliss-reactive ketones (excluding diaryl/α,β-unsaturated/α-hetero) is 1. The molecule has 3 aromatic rings. The Balaban J connectivity index is 1.96. The fourth-order valence-corrected chi connectivity index (χ4v) is 5.00. The van der Waals surface area contributed by atoms with Gasteiger partial charge in [0, 0.05) is 5.69 Å². The van der Waals surface area contributed by atoms with E-state index < -0.39 is 17.7 Å². The fourth-order valence-electron chi connectivity index (χ4n) is 5.00. The van der Waals surface area contributed by atoms with Crippen LogP contribution in [0.15, 0.2) is 72.3 Å². The zero-order valence-electron chi connectivity index (χ0n) is 24.2. The smallest absolute Gasteiger partial charge is 0.300 e. The quantitative estimate of drug-likeness (QED) is 0.202. The van der Waals surface area contributed by atoms with Gasteiger partial charge >= 0.3 is 0 Å². The summed E-state index contributed by atoms with van der Waals surface area (Å²) in [4.78, 5) is 28.8. The van der Waals surface area contributed by atoms with E-state index in [1.165, 1.54) is 12.0 Å². The molecule has 1 fully saturated rings. The van der Waals surface area contributed by atoms with Crippen LogP contribution in [0.5, 0.6) is 5.75 Å². The monoisotopic (exact) mass is 525 g/mol. The second-order valence-electron chi connectivity index (χ2n) is 11.9. The molecule has 4 rings (SSSR count). The van der Waals surface area contributed by atoms with Gasteiger partial charge in [-0.2, -0.15) is 0 Å². The molecule has 204 valence electrons. The number of ether oxygens (including phenoxy) is 1. The van der Waals surface area contributed by atoms with Crippen molar-refractivity contribution >= 4 is 23.1 Å². The number of aliphatic hydroxyl groups is 1. The molecule has 39 heavy (non-hydrogen) atoms. The number of aliphatic hydroxyl groups excluding tert-OH is 1. The molecule has 0 saturated carbocycles. The van der Waals surface area contributed by atoms with Gasteiger partial charge in [-0.05, 0) is 63.8 Å². The van der Waals surface area contributed by atoms with E-state index in [0.29, 0.717) is 28.8 Å². The van der Waals surface area contributed by atoms with Crippen LogP contribution in [0.3, 0.4) is 0 Å². The lowest BCUT2D eigenvalue weighted by Crippen LogP contribution is -2.29. The highest BCUT2D eigenvalue weighted by molar-refractivity contribution is 6.51. The van der Waals surface area contributed by atoms with Gasteiger partial charge in [-0.3, -0.25) is 14.5 Å². The van der Waals surface area contributed by atoms with Crippen molar-refractivity contribution in [2.24, 2.45) is 0 Å². The molecule has 1 unspecified atom stereocenters. The lowest BCUT2D eigenvalue weighted by Gasteiger charge is -2.26. The van der Waals surface area contributed by atoms with Crippen LogP contribution in [0.25, 0.3) is 5.76 Å². The van der Waals surface area contributed by atoms with E-state index in [1.807, 2.05) is 60.7 Å². The average Bonchev–Trinajstić information content (AvgIpc) is 3.17. The van der Waals surface area contributed by atoms with Gasteiger partial charge in [-0.15, -0.1) is 0 Å². The van der Waals surface area contributed by atoms with E-state index >= 15 is 0 Å². The van der Waals surface area contributed by atoms with Gasteiger partial charge in [-0.25, -0.2) is 0 Å². The lowest BCUT2D eigenvalue weighted by atomic mass is 9.85. The molecular formula is C34H39NO4. The van der Waals surface area contributed by atoms with Crippen LogP contribution in [0.2, 0.25) is 0 Å². The highest BCUT2D eigenvalue weighted by Gasteiger charge is 2.47. The molecule has 1 aliphatic heterocycles. The summed E-state index contributed by atoms with van der Waals surface area (Å²) in [5.74, 6) is -0.536. The number of carbonyl (C=O) groups is 2. The minimum Gasteiger partial charge on any atom is -0.507 e. The number of hydrogen-bond donors (Lipinski definition) is 1. The Morgan fingerprint density at radius 3 is 1.87 bits per heavy atom. The molecule has 0 aliphatic carbocycles. The maximum atomic E-state index is 13.7. The van der Waals surface area contributed by atoms with Crippen molar-refractivity contribution in [2.45, 2.75) is 71.8 Å². The van der Waals surface area contributed by atoms with Crippen LogP contribution in [-0.4, -0.2) is 23.9 Å². The largest absolute Gasteiger partial charge is 0.507 e. The van der Waals surface area contributed by atoms with Crippen molar-refractivity contribution in [2.75, 3.05) is 12.0 Å². The number of nitrogens with zero attached hydrogens (tertiary/aromatic N) is 1. The Bertz CT molecular complexity index is 1410. The predicted molar refractivity (Wildman–Crippen MR) is 158 cm³/mol. The molecule has 5 heteroatoms. The molecule has 0 bridgehead atoms. The van der Waals surface area contributed by atoms with Crippen LogP contribution in [0, 0.1) is 0 Å². The van der Waals surface area contributed by atoms with Crippen LogP contribution in [0.1, 0.15) is 94.2 Å². The summed E-state index contributed by atoms with van der Waals surface area (Å²) < 4.78 is 5.58. The molecule has 1 aliphatic rings. The summed E-state index contributed by atoms with van der Waals surface area (Å²) in [6.07, 6.45) is 0. The Morgan fingerprint density at radius 2 is 1.38 bits per heavy atom. The maximum absolute atomic E-state index is 13.7. The third kappa shape index (κ3) is 5.36. The number of methoxy groups -OCH3 is 1. The number of benzene rings is 3. The van der Waals surface area contributed by atoms with Gasteiger partial charge in [0.15, 0.2) is 0 Å². The van der Waals surface area contributed by atoms with Crippen LogP contribution < -0.4 is 9.64 Å². The number of ketones is 1. The number of carbonyl (C=O) groups excluding carboxylic acids is 2. The summed E-state index contributed by atoms with van der Waals surface area (Å²) in [5.41, 5.74) is 4.86. The number of anilines is 1. The lowest BCUT2D eigenvalue weighted by molar-refractivity contribution is -0.132. The highest BCUT2D eigenvalue weighted by Crippen LogP contribution is 2.44. The predicted octanol–water partition coefficient (Wildman–Crippen LogP) is 7.87. The summed E-state index contributed by atoms with van der Waals surface area (Å²) in [5, 5.41) is 11.8. The van der Waals surface area contributed by atoms with Gasteiger partial charge in [-0.1, -0.05) is 90.9 Å². The molecule has 0 radical (unpaired) electrons. The van der Waals surface area contributed by atoms with E-state index in [0.717, 1.165) is 22.3 Å². The topological polar surface area (TPSA) is 66.8 Å². The zero-order chi connectivity index (χ0) is 28.6. The minimum atomic E-state index is -0.792. The van der Waals surface area contributed by atoms with Crippen molar-refractivity contribution in [1.82, 2.24) is 0 Å². The first-order chi connectivity index (χ1) is 18.3. The molecule has 1 N–H and O–H groups in total. The standard InChI is InChI=1S/C34H39NO4/c1-20(2)22-9-11-24(12-10-22)30-29(31(36)27-19-25(34(5,6)7)15-18-28(27)39-8)32(37)33(38)35(30)26-16-13-23(14-17-26)21(3)4/h9-21,30,36H,1-8H3/b31-29+. The van der Waals surface area contributed by atoms with E-state index in [9.17, 15) is 14.7 Å². The third-order valence-corrected chi connectivity index (χ3v) is 7.52. The molecule has 1 saturated heterocycles. The van der Waals surface area contributed by atoms with Crippen molar-refractivity contribution in [3.63, 3.8) is 0 Å². The molecule has 1 atom stereocenters. The first-order valence-electron chi connectivity index (χ1n) is 13.5. The molecule has 1 heterocycles. The van der Waals surface area contributed by atoms with Crippen molar-refractivity contribution in [1.29, 1.82) is 0 Å². The van der Waals surface area contributed by atoms with Crippen molar-refractivity contribution in [3.8, 4) is 5.75 Å². The zero-order valence-corrected chi connectivity index (χ0v) is 24.2. The van der Waals surface area contributed by atoms with Gasteiger partial charge in [0.2, 0.25) is 0 Å². The highest BCUT2D eigenvalue weighted by atomic mass is 16.5. The summed E-state index contributed by atoms with van der Waals surface area (Å²) in [6, 6.07) is 20.4. The normalized spacial score (nSPS) is 17.4. The number of rotatable bonds is 6. The number of hydrogen-bond acceptors (Lipinski definition) is 4. The second kappa shape index (κ2) is 10.7. The van der Waals surface area contributed by atoms with Gasteiger partial charge < -0.3 is 9.84 Å². The van der Waals surface area contributed by atoms with Gasteiger partial charge in [0.1, 0.15) is 11.5 Å². The molecule has 3 aromatic carbocycles. The summed E-state index contributed by atoms with van der Waals surface area (Å²) in [6.45, 7) is 14.7. The molecular weight excluding hydrogens is 486 g/mol. The van der Waals surface area contributed by atoms with Crippen LogP contribution in [-0.2, 0) is 15.0 Å². The van der Waals surface area contributed by atoms with E-state index in [4.69, 9.17) is 4.74 Å². The first-order valence-corrected chi connectivity index (χ1v) is 13.5. The minimum absolute atomic E-state index is 0.0505. The number of amides is 1. The SMILES string of the molecule is COc1ccc(C(C)(C)C)cc1/C(O)=C1\C(=O)C(=O)N(c2ccc(C(C)C)cc2)C1c1ccc(C(C)C)cc1. The average molecular weight is 526 g/mol. The Morgan fingerprint density at radius 1 is 0.846 bits per heavy atom.